The molecule has 0 aliphatic carbocycles. The first kappa shape index (κ1) is 40.9. The van der Waals surface area contributed by atoms with Gasteiger partial charge in [-0.2, -0.15) is 0 Å². The second-order valence-corrected chi connectivity index (χ2v) is 10.3. The number of carbonyl (C=O) groups excluding carboxylic acids is 2. The lowest BCUT2D eigenvalue weighted by Crippen LogP contribution is -2.34. The number of ether oxygens (including phenoxy) is 3. The first-order valence-electron chi connectivity index (χ1n) is 15.9. The van der Waals surface area contributed by atoms with Gasteiger partial charge in [0.2, 0.25) is 11.8 Å². The number of methoxy groups -OCH3 is 2. The van der Waals surface area contributed by atoms with Gasteiger partial charge >= 0.3 is 0 Å². The van der Waals surface area contributed by atoms with E-state index in [1.165, 1.54) is 0 Å². The van der Waals surface area contributed by atoms with Crippen LogP contribution in [0.25, 0.3) is 0 Å². The van der Waals surface area contributed by atoms with Gasteiger partial charge in [-0.1, -0.05) is 27.7 Å². The summed E-state index contributed by atoms with van der Waals surface area (Å²) < 4.78 is 15.1. The van der Waals surface area contributed by atoms with Crippen molar-refractivity contribution in [3.05, 3.63) is 0 Å². The molecule has 0 radical (unpaired) electrons. The molecule has 0 bridgehead atoms. The van der Waals surface area contributed by atoms with Crippen molar-refractivity contribution in [2.24, 2.45) is 11.8 Å². The zero-order chi connectivity index (χ0) is 30.4. The Morgan fingerprint density at radius 3 is 1.52 bits per heavy atom. The number of hydrogen-bond donors (Lipinski definition) is 2. The molecular formula is C31H66N4O5. The predicted octanol–water partition coefficient (Wildman–Crippen LogP) is 4.20. The van der Waals surface area contributed by atoms with E-state index in [2.05, 4.69) is 34.5 Å². The first-order chi connectivity index (χ1) is 19.4. The van der Waals surface area contributed by atoms with Gasteiger partial charge in [0, 0.05) is 46.8 Å². The van der Waals surface area contributed by atoms with E-state index in [0.717, 1.165) is 84.3 Å². The second kappa shape index (κ2) is 30.7. The van der Waals surface area contributed by atoms with Crippen molar-refractivity contribution >= 4 is 11.8 Å². The van der Waals surface area contributed by atoms with Crippen molar-refractivity contribution in [1.29, 1.82) is 0 Å². The monoisotopic (exact) mass is 575 g/mol. The Hall–Kier alpha value is -1.26. The highest BCUT2D eigenvalue weighted by atomic mass is 16.5. The van der Waals surface area contributed by atoms with E-state index in [1.807, 2.05) is 27.7 Å². The highest BCUT2D eigenvalue weighted by molar-refractivity contribution is 5.76. The molecule has 0 atom stereocenters. The van der Waals surface area contributed by atoms with Crippen LogP contribution in [0.2, 0.25) is 0 Å². The van der Waals surface area contributed by atoms with Crippen molar-refractivity contribution in [2.45, 2.75) is 85.5 Å². The lowest BCUT2D eigenvalue weighted by molar-refractivity contribution is -0.123. The minimum Gasteiger partial charge on any atom is -0.385 e. The summed E-state index contributed by atoms with van der Waals surface area (Å²) in [6, 6.07) is 0. The summed E-state index contributed by atoms with van der Waals surface area (Å²) in [5.74, 6) is 1.53. The Kier molecular flexibility index (Phi) is 31.4. The van der Waals surface area contributed by atoms with E-state index in [-0.39, 0.29) is 11.8 Å². The van der Waals surface area contributed by atoms with Gasteiger partial charge in [0.25, 0.3) is 0 Å². The maximum absolute atomic E-state index is 11.7. The van der Waals surface area contributed by atoms with Gasteiger partial charge in [0.1, 0.15) is 0 Å². The normalized spacial score (nSPS) is 16.4. The molecule has 0 spiro atoms. The second-order valence-electron chi connectivity index (χ2n) is 10.3. The molecule has 2 saturated heterocycles. The van der Waals surface area contributed by atoms with Gasteiger partial charge in [0.15, 0.2) is 0 Å². The van der Waals surface area contributed by atoms with Gasteiger partial charge in [-0.3, -0.25) is 9.59 Å². The third-order valence-electron chi connectivity index (χ3n) is 6.97. The van der Waals surface area contributed by atoms with Crippen molar-refractivity contribution in [1.82, 2.24) is 20.4 Å². The molecule has 2 fully saturated rings. The first-order valence-corrected chi connectivity index (χ1v) is 15.9. The molecule has 9 heteroatoms. The molecule has 2 amide bonds. The summed E-state index contributed by atoms with van der Waals surface area (Å²) in [5.41, 5.74) is 0. The SMILES string of the molecule is CC.CC.COCCCCCNC(=O)CC1CCN(C)CC1.COCCOCCNC(=O)CC1CCN(C)CC1. The zero-order valence-corrected chi connectivity index (χ0v) is 27.5. The minimum atomic E-state index is 0.153. The fraction of sp³-hybridized carbons (Fsp3) is 0.935. The maximum atomic E-state index is 11.7. The van der Waals surface area contributed by atoms with Crippen LogP contribution >= 0.6 is 0 Å². The van der Waals surface area contributed by atoms with Gasteiger partial charge < -0.3 is 34.6 Å². The standard InChI is InChI=1S/C14H28N2O2.C13H26N2O3.2C2H6/c1-16-9-6-13(7-10-16)12-14(17)15-8-4-3-5-11-18-2;1-15-6-3-12(4-7-15)11-13(16)14-5-8-18-10-9-17-2;2*1-2/h13H,3-12H2,1-2H3,(H,15,17);12H,3-11H2,1-2H3,(H,14,16);2*1-2H3. The molecule has 2 aliphatic rings. The Balaban J connectivity index is 0. The average Bonchev–Trinajstić information content (AvgIpc) is 2.97. The summed E-state index contributed by atoms with van der Waals surface area (Å²) in [4.78, 5) is 28.1. The van der Waals surface area contributed by atoms with E-state index in [4.69, 9.17) is 14.2 Å². The van der Waals surface area contributed by atoms with E-state index in [1.54, 1.807) is 14.2 Å². The van der Waals surface area contributed by atoms with Crippen LogP contribution in [0, 0.1) is 11.8 Å². The topological polar surface area (TPSA) is 92.4 Å². The van der Waals surface area contributed by atoms with E-state index in [9.17, 15) is 9.59 Å². The number of carbonyl (C=O) groups is 2. The number of rotatable bonds is 16. The van der Waals surface area contributed by atoms with Crippen molar-refractivity contribution in [3.63, 3.8) is 0 Å². The molecule has 0 aromatic rings. The fourth-order valence-electron chi connectivity index (χ4n) is 4.48. The quantitative estimate of drug-likeness (QED) is 0.267. The number of amides is 2. The number of unbranched alkanes of at least 4 members (excludes halogenated alkanes) is 2. The van der Waals surface area contributed by atoms with Crippen LogP contribution in [0.5, 0.6) is 0 Å². The van der Waals surface area contributed by atoms with E-state index in [0.29, 0.717) is 51.0 Å². The third kappa shape index (κ3) is 25.7. The van der Waals surface area contributed by atoms with Crippen molar-refractivity contribution in [2.75, 3.05) is 94.0 Å². The number of nitrogens with one attached hydrogen (secondary N) is 2. The average molecular weight is 575 g/mol. The van der Waals surface area contributed by atoms with Crippen LogP contribution in [0.15, 0.2) is 0 Å². The zero-order valence-electron chi connectivity index (χ0n) is 27.5. The van der Waals surface area contributed by atoms with Gasteiger partial charge in [0.05, 0.1) is 19.8 Å². The van der Waals surface area contributed by atoms with E-state index < -0.39 is 0 Å². The summed E-state index contributed by atoms with van der Waals surface area (Å²) in [6.07, 6.45) is 9.24. The molecule has 240 valence electrons. The van der Waals surface area contributed by atoms with E-state index >= 15 is 0 Å². The third-order valence-corrected chi connectivity index (χ3v) is 6.97. The molecule has 2 N–H and O–H groups in total. The lowest BCUT2D eigenvalue weighted by atomic mass is 9.93. The Bertz CT molecular complexity index is 504. The summed E-state index contributed by atoms with van der Waals surface area (Å²) in [6.45, 7) is 16.5. The Morgan fingerprint density at radius 2 is 1.07 bits per heavy atom. The van der Waals surface area contributed by atoms with Crippen LogP contribution in [0.3, 0.4) is 0 Å². The van der Waals surface area contributed by atoms with Crippen LogP contribution in [-0.4, -0.2) is 116 Å². The number of piperidine rings is 2. The van der Waals surface area contributed by atoms with Crippen LogP contribution in [0.4, 0.5) is 0 Å². The van der Waals surface area contributed by atoms with Crippen LogP contribution < -0.4 is 10.6 Å². The molecular weight excluding hydrogens is 508 g/mol. The highest BCUT2D eigenvalue weighted by Crippen LogP contribution is 2.20. The summed E-state index contributed by atoms with van der Waals surface area (Å²) in [7, 11) is 7.65. The molecule has 0 unspecified atom stereocenters. The number of nitrogens with zero attached hydrogens (tertiary/aromatic N) is 2. The molecule has 0 aromatic heterocycles. The minimum absolute atomic E-state index is 0.153. The highest BCUT2D eigenvalue weighted by Gasteiger charge is 2.20. The van der Waals surface area contributed by atoms with Crippen LogP contribution in [-0.2, 0) is 23.8 Å². The largest absolute Gasteiger partial charge is 0.385 e. The maximum Gasteiger partial charge on any atom is 0.220 e. The molecule has 2 aliphatic heterocycles. The Morgan fingerprint density at radius 1 is 0.625 bits per heavy atom. The van der Waals surface area contributed by atoms with Gasteiger partial charge in [-0.05, 0) is 97.1 Å². The smallest absolute Gasteiger partial charge is 0.220 e. The summed E-state index contributed by atoms with van der Waals surface area (Å²) in [5, 5.41) is 5.92. The predicted molar refractivity (Wildman–Crippen MR) is 167 cm³/mol. The van der Waals surface area contributed by atoms with Gasteiger partial charge in [-0.15, -0.1) is 0 Å². The molecule has 9 nitrogen and oxygen atoms in total. The van der Waals surface area contributed by atoms with Crippen molar-refractivity contribution in [3.8, 4) is 0 Å². The fourth-order valence-corrected chi connectivity index (χ4v) is 4.48. The van der Waals surface area contributed by atoms with Gasteiger partial charge in [-0.25, -0.2) is 0 Å². The molecule has 0 aromatic carbocycles. The molecule has 2 heterocycles. The molecule has 0 saturated carbocycles. The lowest BCUT2D eigenvalue weighted by Gasteiger charge is -2.28. The molecule has 2 rings (SSSR count). The van der Waals surface area contributed by atoms with Crippen molar-refractivity contribution < 1.29 is 23.8 Å². The summed E-state index contributed by atoms with van der Waals surface area (Å²) >= 11 is 0. The number of hydrogen-bond acceptors (Lipinski definition) is 7. The number of likely N-dealkylation sites (tertiary alicyclic amines) is 2. The Labute approximate surface area is 247 Å². The molecule has 40 heavy (non-hydrogen) atoms. The van der Waals surface area contributed by atoms with Crippen LogP contribution in [0.1, 0.15) is 85.5 Å².